The number of thioether (sulfide) groups is 1. The third-order valence-corrected chi connectivity index (χ3v) is 2.14. The summed E-state index contributed by atoms with van der Waals surface area (Å²) in [4.78, 5) is 21.4. The van der Waals surface area contributed by atoms with Gasteiger partial charge in [-0.05, 0) is 6.92 Å². The van der Waals surface area contributed by atoms with E-state index in [-0.39, 0.29) is 16.6 Å². The average Bonchev–Trinajstić information content (AvgIpc) is 1.99. The molecule has 0 aliphatic carbocycles. The van der Waals surface area contributed by atoms with Crippen molar-refractivity contribution in [2.45, 2.75) is 13.2 Å². The first kappa shape index (κ1) is 11.8. The second-order valence-corrected chi connectivity index (χ2v) is 3.36. The van der Waals surface area contributed by atoms with Gasteiger partial charge in [-0.3, -0.25) is 15.3 Å². The summed E-state index contributed by atoms with van der Waals surface area (Å²) < 4.78 is 4.59. The van der Waals surface area contributed by atoms with E-state index in [9.17, 15) is 9.59 Å². The summed E-state index contributed by atoms with van der Waals surface area (Å²) in [5.41, 5.74) is 5.18. The van der Waals surface area contributed by atoms with Crippen LogP contribution in [0, 0.1) is 0 Å². The molecule has 2 N–H and O–H groups in total. The first-order chi connectivity index (χ1) is 5.56. The predicted octanol–water partition coefficient (Wildman–Crippen LogP) is 0.0239. The third kappa shape index (κ3) is 6.51. The lowest BCUT2D eigenvalue weighted by molar-refractivity contribution is -0.144. The quantitative estimate of drug-likeness (QED) is 0.388. The molecule has 0 spiro atoms. The molecule has 0 rings (SSSR count). The highest BCUT2D eigenvalue weighted by molar-refractivity contribution is 8.15. The average molecular weight is 209 g/mol. The van der Waals surface area contributed by atoms with Crippen LogP contribution in [0.4, 0.5) is 0 Å². The van der Waals surface area contributed by atoms with E-state index in [4.69, 9.17) is 5.73 Å². The molecule has 0 aromatic heterocycles. The zero-order valence-corrected chi connectivity index (χ0v) is 8.36. The van der Waals surface area contributed by atoms with Crippen molar-refractivity contribution in [3.05, 3.63) is 0 Å². The summed E-state index contributed by atoms with van der Waals surface area (Å²) >= 11 is 4.62. The Labute approximate surface area is 80.6 Å². The Bertz CT molecular complexity index is 172. The summed E-state index contributed by atoms with van der Waals surface area (Å²) in [6.07, 6.45) is -0.621. The fourth-order valence-electron chi connectivity index (χ4n) is 0.426. The van der Waals surface area contributed by atoms with Crippen molar-refractivity contribution in [3.63, 3.8) is 0 Å². The molecular formula is C6H11NO3S2. The summed E-state index contributed by atoms with van der Waals surface area (Å²) in [6.45, 7) is 1.54. The van der Waals surface area contributed by atoms with Crippen LogP contribution in [-0.2, 0) is 14.3 Å². The molecule has 12 heavy (non-hydrogen) atoms. The Morgan fingerprint density at radius 1 is 1.67 bits per heavy atom. The van der Waals surface area contributed by atoms with E-state index in [1.807, 2.05) is 0 Å². The first-order valence-electron chi connectivity index (χ1n) is 3.27. The van der Waals surface area contributed by atoms with Crippen molar-refractivity contribution >= 4 is 35.5 Å². The predicted molar refractivity (Wildman–Crippen MR) is 51.1 cm³/mol. The highest BCUT2D eigenvalue weighted by Crippen LogP contribution is 2.03. The monoisotopic (exact) mass is 209 g/mol. The van der Waals surface area contributed by atoms with E-state index < -0.39 is 12.2 Å². The van der Waals surface area contributed by atoms with Gasteiger partial charge in [-0.25, -0.2) is 0 Å². The molecular weight excluding hydrogens is 198 g/mol. The summed E-state index contributed by atoms with van der Waals surface area (Å²) in [5, 5.41) is -0.153. The highest BCUT2D eigenvalue weighted by Gasteiger charge is 2.08. The molecule has 1 unspecified atom stereocenters. The number of ether oxygens (including phenoxy) is 1. The van der Waals surface area contributed by atoms with Gasteiger partial charge in [-0.2, -0.15) is 12.6 Å². The van der Waals surface area contributed by atoms with Gasteiger partial charge >= 0.3 is 5.97 Å². The van der Waals surface area contributed by atoms with Crippen LogP contribution in [-0.4, -0.2) is 28.8 Å². The van der Waals surface area contributed by atoms with Gasteiger partial charge in [-0.15, -0.1) is 0 Å². The maximum absolute atomic E-state index is 10.8. The molecule has 0 saturated heterocycles. The van der Waals surface area contributed by atoms with Crippen molar-refractivity contribution < 1.29 is 14.3 Å². The second-order valence-electron chi connectivity index (χ2n) is 2.01. The van der Waals surface area contributed by atoms with Crippen LogP contribution in [0.15, 0.2) is 0 Å². The number of carbonyl (C=O) groups is 2. The molecule has 0 aromatic carbocycles. The Hall–Kier alpha value is -0.200. The number of rotatable bonds is 4. The van der Waals surface area contributed by atoms with Gasteiger partial charge in [0.25, 0.3) is 0 Å². The van der Waals surface area contributed by atoms with E-state index >= 15 is 0 Å². The van der Waals surface area contributed by atoms with E-state index in [2.05, 4.69) is 17.4 Å². The van der Waals surface area contributed by atoms with Gasteiger partial charge in [0, 0.05) is 0 Å². The number of thiol groups is 1. The Kier molecular flexibility index (Phi) is 6.23. The number of esters is 1. The zero-order valence-electron chi connectivity index (χ0n) is 6.65. The number of carbonyl (C=O) groups excluding carboxylic acids is 2. The lowest BCUT2D eigenvalue weighted by Gasteiger charge is -2.06. The molecule has 0 amide bonds. The van der Waals surface area contributed by atoms with Crippen molar-refractivity contribution in [2.75, 3.05) is 11.5 Å². The van der Waals surface area contributed by atoms with Gasteiger partial charge in [0.2, 0.25) is 0 Å². The first-order valence-corrected chi connectivity index (χ1v) is 4.89. The van der Waals surface area contributed by atoms with Crippen molar-refractivity contribution in [1.82, 2.24) is 0 Å². The maximum atomic E-state index is 10.8. The molecule has 0 aliphatic rings. The van der Waals surface area contributed by atoms with Crippen LogP contribution in [0.3, 0.4) is 0 Å². The fraction of sp³-hybridized carbons (Fsp3) is 0.667. The Morgan fingerprint density at radius 3 is 2.67 bits per heavy atom. The van der Waals surface area contributed by atoms with Crippen LogP contribution in [0.2, 0.25) is 0 Å². The normalized spacial score (nSPS) is 12.2. The van der Waals surface area contributed by atoms with Crippen molar-refractivity contribution in [2.24, 2.45) is 5.73 Å². The largest absolute Gasteiger partial charge is 0.446 e. The zero-order chi connectivity index (χ0) is 9.56. The highest BCUT2D eigenvalue weighted by atomic mass is 32.2. The SMILES string of the molecule is CC(N)OC(=O)CSC(=O)CS. The van der Waals surface area contributed by atoms with Crippen LogP contribution >= 0.6 is 24.4 Å². The molecule has 0 radical (unpaired) electrons. The standard InChI is InChI=1S/C6H11NO3S2/c1-4(7)10-5(8)3-12-6(9)2-11/h4,11H,2-3,7H2,1H3. The van der Waals surface area contributed by atoms with Crippen LogP contribution in [0.1, 0.15) is 6.92 Å². The lowest BCUT2D eigenvalue weighted by atomic mass is 10.7. The van der Waals surface area contributed by atoms with E-state index in [1.165, 1.54) is 0 Å². The molecule has 4 nitrogen and oxygen atoms in total. The number of hydrogen-bond donors (Lipinski definition) is 2. The minimum Gasteiger partial charge on any atom is -0.446 e. The molecule has 0 bridgehead atoms. The van der Waals surface area contributed by atoms with Crippen molar-refractivity contribution in [1.29, 1.82) is 0 Å². The fourth-order valence-corrected chi connectivity index (χ4v) is 1.14. The molecule has 70 valence electrons. The number of hydrogen-bond acceptors (Lipinski definition) is 6. The van der Waals surface area contributed by atoms with Crippen LogP contribution < -0.4 is 5.73 Å². The molecule has 0 heterocycles. The Balaban J connectivity index is 3.51. The lowest BCUT2D eigenvalue weighted by Crippen LogP contribution is -2.24. The smallest absolute Gasteiger partial charge is 0.317 e. The van der Waals surface area contributed by atoms with E-state index in [0.29, 0.717) is 0 Å². The summed E-state index contributed by atoms with van der Waals surface area (Å²) in [5.74, 6) is -0.359. The van der Waals surface area contributed by atoms with Gasteiger partial charge in [-0.1, -0.05) is 11.8 Å². The molecule has 6 heteroatoms. The van der Waals surface area contributed by atoms with Crippen molar-refractivity contribution in [3.8, 4) is 0 Å². The van der Waals surface area contributed by atoms with Gasteiger partial charge in [0.05, 0.1) is 11.5 Å². The minimum absolute atomic E-state index is 0.000926. The van der Waals surface area contributed by atoms with Gasteiger partial charge in [0.1, 0.15) is 6.23 Å². The maximum Gasteiger partial charge on any atom is 0.317 e. The molecule has 0 aliphatic heterocycles. The molecule has 0 saturated carbocycles. The van der Waals surface area contributed by atoms with Crippen LogP contribution in [0.25, 0.3) is 0 Å². The molecule has 0 fully saturated rings. The topological polar surface area (TPSA) is 69.4 Å². The number of nitrogens with two attached hydrogens (primary N) is 1. The minimum atomic E-state index is -0.621. The molecule has 1 atom stereocenters. The second kappa shape index (κ2) is 6.33. The Morgan fingerprint density at radius 2 is 2.25 bits per heavy atom. The van der Waals surface area contributed by atoms with Gasteiger partial charge in [0.15, 0.2) is 5.12 Å². The molecule has 0 aromatic rings. The third-order valence-electron chi connectivity index (χ3n) is 0.797. The summed E-state index contributed by atoms with van der Waals surface area (Å²) in [7, 11) is 0. The van der Waals surface area contributed by atoms with E-state index in [0.717, 1.165) is 11.8 Å². The van der Waals surface area contributed by atoms with Crippen LogP contribution in [0.5, 0.6) is 0 Å². The van der Waals surface area contributed by atoms with E-state index in [1.54, 1.807) is 6.92 Å². The van der Waals surface area contributed by atoms with Gasteiger partial charge < -0.3 is 4.74 Å². The summed E-state index contributed by atoms with van der Waals surface area (Å²) in [6, 6.07) is 0.